The highest BCUT2D eigenvalue weighted by Crippen LogP contribution is 2.46. The van der Waals surface area contributed by atoms with E-state index in [0.717, 1.165) is 30.4 Å². The first-order valence-corrected chi connectivity index (χ1v) is 8.52. The van der Waals surface area contributed by atoms with Crippen LogP contribution in [-0.2, 0) is 14.7 Å². The summed E-state index contributed by atoms with van der Waals surface area (Å²) in [6.45, 7) is 9.00. The van der Waals surface area contributed by atoms with E-state index in [-0.39, 0.29) is 29.6 Å². The summed E-state index contributed by atoms with van der Waals surface area (Å²) in [5, 5.41) is 3.04. The summed E-state index contributed by atoms with van der Waals surface area (Å²) in [5.41, 5.74) is 2.44. The fourth-order valence-electron chi connectivity index (χ4n) is 3.81. The molecule has 1 saturated heterocycles. The third-order valence-electron chi connectivity index (χ3n) is 6.28. The van der Waals surface area contributed by atoms with Crippen LogP contribution in [-0.4, -0.2) is 30.8 Å². The molecule has 2 heterocycles. The predicted octanol–water partition coefficient (Wildman–Crippen LogP) is 2.15. The molecule has 1 N–H and O–H groups in total. The molecule has 4 rings (SSSR count). The standard InChI is InChI=1S/C18H24BNO3/c1-16(2)17(3,4)23-19(22-16)12-6-7-13-14(10-12)18(8-5-9-18)11-20-15(13)21/h6-7,10H,5,8-9,11H2,1-4H3,(H,20,21). The molecule has 5 heteroatoms. The molecule has 0 atom stereocenters. The largest absolute Gasteiger partial charge is 0.494 e. The normalized spacial score (nSPS) is 26.6. The van der Waals surface area contributed by atoms with Crippen LogP contribution in [0, 0.1) is 0 Å². The third kappa shape index (κ3) is 2.09. The highest BCUT2D eigenvalue weighted by molar-refractivity contribution is 6.62. The molecule has 1 aromatic carbocycles. The molecule has 1 spiro atoms. The van der Waals surface area contributed by atoms with Crippen LogP contribution in [0.1, 0.15) is 62.9 Å². The summed E-state index contributed by atoms with van der Waals surface area (Å²) >= 11 is 0. The van der Waals surface area contributed by atoms with Gasteiger partial charge in [0.15, 0.2) is 0 Å². The van der Waals surface area contributed by atoms with Gasteiger partial charge in [-0.3, -0.25) is 4.79 Å². The van der Waals surface area contributed by atoms with Crippen molar-refractivity contribution in [2.45, 2.75) is 63.6 Å². The Morgan fingerprint density at radius 1 is 1.09 bits per heavy atom. The Balaban J connectivity index is 1.73. The highest BCUT2D eigenvalue weighted by Gasteiger charge is 2.52. The van der Waals surface area contributed by atoms with E-state index in [2.05, 4.69) is 39.1 Å². The Kier molecular flexibility index (Phi) is 3.05. The average molecular weight is 313 g/mol. The van der Waals surface area contributed by atoms with Crippen LogP contribution in [0.2, 0.25) is 0 Å². The number of fused-ring (bicyclic) bond motifs is 2. The average Bonchev–Trinajstić information content (AvgIpc) is 2.66. The van der Waals surface area contributed by atoms with Crippen molar-refractivity contribution in [2.75, 3.05) is 6.54 Å². The Bertz CT molecular complexity index is 663. The summed E-state index contributed by atoms with van der Waals surface area (Å²) in [5.74, 6) is 0.0398. The first-order valence-electron chi connectivity index (χ1n) is 8.52. The molecule has 1 saturated carbocycles. The summed E-state index contributed by atoms with van der Waals surface area (Å²) in [6, 6.07) is 6.05. The van der Waals surface area contributed by atoms with Gasteiger partial charge in [-0.05, 0) is 57.6 Å². The van der Waals surface area contributed by atoms with E-state index in [1.54, 1.807) is 0 Å². The van der Waals surface area contributed by atoms with E-state index in [4.69, 9.17) is 9.31 Å². The van der Waals surface area contributed by atoms with Gasteiger partial charge >= 0.3 is 7.12 Å². The lowest BCUT2D eigenvalue weighted by molar-refractivity contribution is 0.00578. The van der Waals surface area contributed by atoms with Gasteiger partial charge in [0.1, 0.15) is 0 Å². The van der Waals surface area contributed by atoms with E-state index in [1.807, 2.05) is 12.1 Å². The van der Waals surface area contributed by atoms with Gasteiger partial charge in [-0.2, -0.15) is 0 Å². The second-order valence-electron chi connectivity index (χ2n) is 8.21. The van der Waals surface area contributed by atoms with Crippen molar-refractivity contribution in [1.29, 1.82) is 0 Å². The van der Waals surface area contributed by atoms with Gasteiger partial charge in [-0.15, -0.1) is 0 Å². The first-order chi connectivity index (χ1) is 10.7. The molecule has 0 radical (unpaired) electrons. The Labute approximate surface area is 138 Å². The predicted molar refractivity (Wildman–Crippen MR) is 90.0 cm³/mol. The number of amides is 1. The quantitative estimate of drug-likeness (QED) is 0.808. The molecule has 1 aliphatic carbocycles. The van der Waals surface area contributed by atoms with Gasteiger partial charge in [0, 0.05) is 17.5 Å². The van der Waals surface area contributed by atoms with Crippen LogP contribution in [0.15, 0.2) is 18.2 Å². The minimum atomic E-state index is -0.368. The van der Waals surface area contributed by atoms with E-state index in [9.17, 15) is 4.79 Å². The molecule has 2 aliphatic heterocycles. The molecule has 4 nitrogen and oxygen atoms in total. The smallest absolute Gasteiger partial charge is 0.399 e. The number of nitrogens with one attached hydrogen (secondary N) is 1. The van der Waals surface area contributed by atoms with E-state index < -0.39 is 0 Å². The van der Waals surface area contributed by atoms with E-state index >= 15 is 0 Å². The van der Waals surface area contributed by atoms with Crippen molar-refractivity contribution >= 4 is 18.5 Å². The van der Waals surface area contributed by atoms with Crippen LogP contribution >= 0.6 is 0 Å². The lowest BCUT2D eigenvalue weighted by Crippen LogP contribution is -2.51. The molecule has 0 unspecified atom stereocenters. The van der Waals surface area contributed by atoms with E-state index in [0.29, 0.717) is 0 Å². The van der Waals surface area contributed by atoms with Gasteiger partial charge in [0.05, 0.1) is 11.2 Å². The molecule has 0 bridgehead atoms. The highest BCUT2D eigenvalue weighted by atomic mass is 16.7. The van der Waals surface area contributed by atoms with Crippen molar-refractivity contribution in [2.24, 2.45) is 0 Å². The Morgan fingerprint density at radius 2 is 1.74 bits per heavy atom. The minimum absolute atomic E-state index is 0.0398. The second-order valence-corrected chi connectivity index (χ2v) is 8.21. The van der Waals surface area contributed by atoms with Crippen molar-refractivity contribution in [3.8, 4) is 0 Å². The van der Waals surface area contributed by atoms with Gasteiger partial charge in [-0.1, -0.05) is 18.6 Å². The maximum Gasteiger partial charge on any atom is 0.494 e. The van der Waals surface area contributed by atoms with Crippen LogP contribution < -0.4 is 10.8 Å². The van der Waals surface area contributed by atoms with Crippen molar-refractivity contribution < 1.29 is 14.1 Å². The number of benzene rings is 1. The van der Waals surface area contributed by atoms with Gasteiger partial charge < -0.3 is 14.6 Å². The maximum atomic E-state index is 12.2. The minimum Gasteiger partial charge on any atom is -0.399 e. The number of hydrogen-bond acceptors (Lipinski definition) is 3. The summed E-state index contributed by atoms with van der Waals surface area (Å²) in [6.07, 6.45) is 3.52. The van der Waals surface area contributed by atoms with Crippen molar-refractivity contribution in [3.05, 3.63) is 29.3 Å². The lowest BCUT2D eigenvalue weighted by atomic mass is 9.60. The number of hydrogen-bond donors (Lipinski definition) is 1. The number of carbonyl (C=O) groups excluding carboxylic acids is 1. The topological polar surface area (TPSA) is 47.6 Å². The molecule has 122 valence electrons. The summed E-state index contributed by atoms with van der Waals surface area (Å²) in [4.78, 5) is 12.2. The summed E-state index contributed by atoms with van der Waals surface area (Å²) < 4.78 is 12.3. The second kappa shape index (κ2) is 4.61. The van der Waals surface area contributed by atoms with Gasteiger partial charge in [0.2, 0.25) is 0 Å². The molecule has 1 amide bonds. The van der Waals surface area contributed by atoms with Crippen LogP contribution in [0.3, 0.4) is 0 Å². The van der Waals surface area contributed by atoms with Gasteiger partial charge in [-0.25, -0.2) is 0 Å². The van der Waals surface area contributed by atoms with E-state index in [1.165, 1.54) is 12.0 Å². The molecule has 0 aromatic heterocycles. The fourth-order valence-corrected chi connectivity index (χ4v) is 3.81. The lowest BCUT2D eigenvalue weighted by Gasteiger charge is -2.46. The molecule has 1 aromatic rings. The van der Waals surface area contributed by atoms with Crippen LogP contribution in [0.25, 0.3) is 0 Å². The Morgan fingerprint density at radius 3 is 2.30 bits per heavy atom. The van der Waals surface area contributed by atoms with Crippen LogP contribution in [0.5, 0.6) is 0 Å². The zero-order valence-electron chi connectivity index (χ0n) is 14.4. The summed E-state index contributed by atoms with van der Waals surface area (Å²) in [7, 11) is -0.368. The van der Waals surface area contributed by atoms with Crippen molar-refractivity contribution in [3.63, 3.8) is 0 Å². The first kappa shape index (κ1) is 15.2. The molecular formula is C18H24BNO3. The molecule has 2 fully saturated rings. The zero-order valence-corrected chi connectivity index (χ0v) is 14.4. The number of carbonyl (C=O) groups is 1. The maximum absolute atomic E-state index is 12.2. The molecular weight excluding hydrogens is 289 g/mol. The zero-order chi connectivity index (χ0) is 16.5. The van der Waals surface area contributed by atoms with Crippen LogP contribution in [0.4, 0.5) is 0 Å². The Hall–Kier alpha value is -1.33. The number of rotatable bonds is 1. The SMILES string of the molecule is CC1(C)OB(c2ccc3c(c2)C2(CCC2)CNC3=O)OC1(C)C. The molecule has 23 heavy (non-hydrogen) atoms. The fraction of sp³-hybridized carbons (Fsp3) is 0.611. The third-order valence-corrected chi connectivity index (χ3v) is 6.28. The van der Waals surface area contributed by atoms with Gasteiger partial charge in [0.25, 0.3) is 5.91 Å². The monoisotopic (exact) mass is 313 g/mol. The molecule has 3 aliphatic rings. The van der Waals surface area contributed by atoms with Crippen molar-refractivity contribution in [1.82, 2.24) is 5.32 Å².